The Balaban J connectivity index is 1.68. The lowest BCUT2D eigenvalue weighted by atomic mass is 9.96. The van der Waals surface area contributed by atoms with E-state index in [-0.39, 0.29) is 0 Å². The Labute approximate surface area is 94.4 Å². The monoisotopic (exact) mass is 210 g/mol. The molecule has 2 aliphatic heterocycles. The molecular formula is C13H26N2. The van der Waals surface area contributed by atoms with Gasteiger partial charge >= 0.3 is 0 Å². The van der Waals surface area contributed by atoms with E-state index in [1.807, 2.05) is 0 Å². The summed E-state index contributed by atoms with van der Waals surface area (Å²) < 4.78 is 0. The van der Waals surface area contributed by atoms with Crippen LogP contribution in [0.25, 0.3) is 0 Å². The minimum atomic E-state index is 0.952. The summed E-state index contributed by atoms with van der Waals surface area (Å²) in [6, 6.07) is 0. The molecule has 2 rings (SSSR count). The summed E-state index contributed by atoms with van der Waals surface area (Å²) in [5.74, 6) is 1.98. The van der Waals surface area contributed by atoms with Crippen LogP contribution in [-0.4, -0.2) is 37.6 Å². The first kappa shape index (κ1) is 11.4. The quantitative estimate of drug-likeness (QED) is 0.764. The maximum absolute atomic E-state index is 3.37. The lowest BCUT2D eigenvalue weighted by molar-refractivity contribution is 0.196. The first-order valence-corrected chi connectivity index (χ1v) is 6.81. The first-order valence-electron chi connectivity index (χ1n) is 6.81. The van der Waals surface area contributed by atoms with E-state index in [1.165, 1.54) is 64.8 Å². The summed E-state index contributed by atoms with van der Waals surface area (Å²) in [5, 5.41) is 3.37. The van der Waals surface area contributed by atoms with Crippen molar-refractivity contribution >= 4 is 0 Å². The molecule has 2 saturated heterocycles. The van der Waals surface area contributed by atoms with Crippen molar-refractivity contribution < 1.29 is 0 Å². The van der Waals surface area contributed by atoms with Crippen LogP contribution in [0, 0.1) is 11.8 Å². The third-order valence-corrected chi connectivity index (χ3v) is 4.02. The first-order chi connectivity index (χ1) is 7.38. The Morgan fingerprint density at radius 2 is 2.00 bits per heavy atom. The number of nitrogens with one attached hydrogen (secondary N) is 1. The molecule has 15 heavy (non-hydrogen) atoms. The Morgan fingerprint density at radius 1 is 1.13 bits per heavy atom. The molecule has 2 nitrogen and oxygen atoms in total. The third kappa shape index (κ3) is 3.46. The van der Waals surface area contributed by atoms with Crippen LogP contribution < -0.4 is 5.32 Å². The van der Waals surface area contributed by atoms with Crippen molar-refractivity contribution in [2.75, 3.05) is 32.7 Å². The highest BCUT2D eigenvalue weighted by molar-refractivity contribution is 4.79. The number of likely N-dealkylation sites (tertiary alicyclic amines) is 1. The van der Waals surface area contributed by atoms with Gasteiger partial charge in [-0.3, -0.25) is 0 Å². The van der Waals surface area contributed by atoms with E-state index in [9.17, 15) is 0 Å². The van der Waals surface area contributed by atoms with Crippen molar-refractivity contribution in [3.05, 3.63) is 0 Å². The molecule has 2 heteroatoms. The van der Waals surface area contributed by atoms with Crippen LogP contribution >= 0.6 is 0 Å². The molecule has 0 bridgehead atoms. The second kappa shape index (κ2) is 5.86. The van der Waals surface area contributed by atoms with Crippen LogP contribution in [0.3, 0.4) is 0 Å². The standard InChI is InChI=1S/C13H26N2/c1-2-4-12-5-3-7-15(8-6-12)11-13-9-14-10-13/h12-14H,2-11H2,1H3. The van der Waals surface area contributed by atoms with E-state index in [1.54, 1.807) is 0 Å². The fourth-order valence-corrected chi connectivity index (χ4v) is 2.95. The maximum Gasteiger partial charge on any atom is 0.00340 e. The van der Waals surface area contributed by atoms with Gasteiger partial charge in [-0.2, -0.15) is 0 Å². The maximum atomic E-state index is 3.37. The van der Waals surface area contributed by atoms with E-state index in [0.29, 0.717) is 0 Å². The highest BCUT2D eigenvalue weighted by Gasteiger charge is 2.22. The summed E-state index contributed by atoms with van der Waals surface area (Å²) in [5.41, 5.74) is 0. The van der Waals surface area contributed by atoms with Crippen LogP contribution in [0.4, 0.5) is 0 Å². The Bertz CT molecular complexity index is 177. The van der Waals surface area contributed by atoms with Gasteiger partial charge in [0, 0.05) is 19.6 Å². The van der Waals surface area contributed by atoms with Crippen molar-refractivity contribution in [3.8, 4) is 0 Å². The summed E-state index contributed by atoms with van der Waals surface area (Å²) in [6.07, 6.45) is 7.20. The summed E-state index contributed by atoms with van der Waals surface area (Å²) >= 11 is 0. The normalized spacial score (nSPS) is 29.8. The van der Waals surface area contributed by atoms with Gasteiger partial charge in [0.15, 0.2) is 0 Å². The van der Waals surface area contributed by atoms with E-state index in [4.69, 9.17) is 0 Å². The minimum Gasteiger partial charge on any atom is -0.316 e. The molecule has 1 unspecified atom stereocenters. The zero-order valence-electron chi connectivity index (χ0n) is 10.2. The molecule has 0 saturated carbocycles. The zero-order valence-corrected chi connectivity index (χ0v) is 10.2. The molecule has 0 spiro atoms. The predicted octanol–water partition coefficient (Wildman–Crippen LogP) is 2.11. The molecule has 88 valence electrons. The number of hydrogen-bond acceptors (Lipinski definition) is 2. The number of nitrogens with zero attached hydrogens (tertiary/aromatic N) is 1. The minimum absolute atomic E-state index is 0.952. The van der Waals surface area contributed by atoms with Crippen LogP contribution in [0.5, 0.6) is 0 Å². The summed E-state index contributed by atoms with van der Waals surface area (Å²) in [7, 11) is 0. The zero-order chi connectivity index (χ0) is 10.5. The van der Waals surface area contributed by atoms with Crippen LogP contribution in [0.15, 0.2) is 0 Å². The topological polar surface area (TPSA) is 15.3 Å². The lowest BCUT2D eigenvalue weighted by Crippen LogP contribution is -2.48. The Morgan fingerprint density at radius 3 is 2.67 bits per heavy atom. The van der Waals surface area contributed by atoms with Gasteiger partial charge in [-0.25, -0.2) is 0 Å². The van der Waals surface area contributed by atoms with Gasteiger partial charge in [0.2, 0.25) is 0 Å². The molecule has 2 fully saturated rings. The molecule has 1 atom stereocenters. The molecule has 2 heterocycles. The average Bonchev–Trinajstić information content (AvgIpc) is 2.38. The average molecular weight is 210 g/mol. The summed E-state index contributed by atoms with van der Waals surface area (Å²) in [4.78, 5) is 2.71. The Hall–Kier alpha value is -0.0800. The lowest BCUT2D eigenvalue weighted by Gasteiger charge is -2.32. The highest BCUT2D eigenvalue weighted by Crippen LogP contribution is 2.22. The molecule has 1 N–H and O–H groups in total. The van der Waals surface area contributed by atoms with Gasteiger partial charge < -0.3 is 10.2 Å². The van der Waals surface area contributed by atoms with Crippen LogP contribution in [0.2, 0.25) is 0 Å². The smallest absolute Gasteiger partial charge is 0.00340 e. The van der Waals surface area contributed by atoms with E-state index < -0.39 is 0 Å². The van der Waals surface area contributed by atoms with Crippen LogP contribution in [-0.2, 0) is 0 Å². The predicted molar refractivity (Wildman–Crippen MR) is 65.0 cm³/mol. The Kier molecular flexibility index (Phi) is 4.45. The number of rotatable bonds is 4. The van der Waals surface area contributed by atoms with E-state index in [0.717, 1.165) is 11.8 Å². The molecule has 0 radical (unpaired) electrons. The van der Waals surface area contributed by atoms with Gasteiger partial charge in [0.25, 0.3) is 0 Å². The molecular weight excluding hydrogens is 184 g/mol. The molecule has 0 aromatic carbocycles. The van der Waals surface area contributed by atoms with Gasteiger partial charge in [0.1, 0.15) is 0 Å². The van der Waals surface area contributed by atoms with Gasteiger partial charge in [0.05, 0.1) is 0 Å². The van der Waals surface area contributed by atoms with E-state index >= 15 is 0 Å². The van der Waals surface area contributed by atoms with Crippen molar-refractivity contribution in [2.45, 2.75) is 39.0 Å². The summed E-state index contributed by atoms with van der Waals surface area (Å²) in [6.45, 7) is 8.91. The van der Waals surface area contributed by atoms with Crippen molar-refractivity contribution in [1.29, 1.82) is 0 Å². The van der Waals surface area contributed by atoms with Gasteiger partial charge in [-0.1, -0.05) is 19.8 Å². The number of hydrogen-bond donors (Lipinski definition) is 1. The molecule has 2 aliphatic rings. The van der Waals surface area contributed by atoms with E-state index in [2.05, 4.69) is 17.1 Å². The van der Waals surface area contributed by atoms with Gasteiger partial charge in [-0.15, -0.1) is 0 Å². The fourth-order valence-electron chi connectivity index (χ4n) is 2.95. The van der Waals surface area contributed by atoms with Crippen molar-refractivity contribution in [2.24, 2.45) is 11.8 Å². The highest BCUT2D eigenvalue weighted by atomic mass is 15.1. The SMILES string of the molecule is CCCC1CCCN(CC2CNC2)CC1. The molecule has 0 aromatic heterocycles. The fraction of sp³-hybridized carbons (Fsp3) is 1.00. The molecule has 0 aliphatic carbocycles. The van der Waals surface area contributed by atoms with Gasteiger partial charge in [-0.05, 0) is 44.2 Å². The molecule has 0 amide bonds. The largest absolute Gasteiger partial charge is 0.316 e. The second-order valence-corrected chi connectivity index (χ2v) is 5.41. The second-order valence-electron chi connectivity index (χ2n) is 5.41. The van der Waals surface area contributed by atoms with Crippen LogP contribution in [0.1, 0.15) is 39.0 Å². The molecule has 0 aromatic rings. The van der Waals surface area contributed by atoms with Crippen molar-refractivity contribution in [3.63, 3.8) is 0 Å². The van der Waals surface area contributed by atoms with Crippen molar-refractivity contribution in [1.82, 2.24) is 10.2 Å². The third-order valence-electron chi connectivity index (χ3n) is 4.02.